The first-order valence-electron chi connectivity index (χ1n) is 9.88. The quantitative estimate of drug-likeness (QED) is 0.453. The number of carbonyl (C=O) groups excluding carboxylic acids is 1. The summed E-state index contributed by atoms with van der Waals surface area (Å²) >= 11 is 0. The van der Waals surface area contributed by atoms with Crippen molar-refractivity contribution < 1.29 is 37.1 Å². The number of hydrogen-bond donors (Lipinski definition) is 0. The van der Waals surface area contributed by atoms with Crippen LogP contribution in [-0.4, -0.2) is 67.4 Å². The smallest absolute Gasteiger partial charge is 0.493 e. The van der Waals surface area contributed by atoms with Crippen molar-refractivity contribution in [1.82, 2.24) is 9.80 Å². The number of alkyl halides is 3. The summed E-state index contributed by atoms with van der Waals surface area (Å²) in [6.45, 7) is 2.13. The van der Waals surface area contributed by atoms with Crippen LogP contribution < -0.4 is 14.2 Å². The molecule has 0 N–H and O–H groups in total. The standard InChI is InChI=1S/C21H22F3N3O6/c1-31-18-11-16(17(27(29)30)12-19(18)32-2)20(28)26-9-7-25(8-10-26)13-14-3-5-15(6-4-14)33-21(22,23)24/h3-6,11-12H,7-10,13H2,1-2H3. The number of rotatable bonds is 7. The fourth-order valence-corrected chi connectivity index (χ4v) is 3.52. The number of nitro groups is 1. The molecule has 1 fully saturated rings. The summed E-state index contributed by atoms with van der Waals surface area (Å²) in [5, 5.41) is 11.5. The zero-order chi connectivity index (χ0) is 24.2. The Morgan fingerprint density at radius 1 is 1.03 bits per heavy atom. The van der Waals surface area contributed by atoms with Crippen LogP contribution in [-0.2, 0) is 6.54 Å². The lowest BCUT2D eigenvalue weighted by atomic mass is 10.1. The molecule has 12 heteroatoms. The highest BCUT2D eigenvalue weighted by atomic mass is 19.4. The van der Waals surface area contributed by atoms with Gasteiger partial charge in [-0.25, -0.2) is 0 Å². The van der Waals surface area contributed by atoms with E-state index in [0.29, 0.717) is 32.7 Å². The Labute approximate surface area is 187 Å². The number of amides is 1. The van der Waals surface area contributed by atoms with Crippen molar-refractivity contribution in [2.45, 2.75) is 12.9 Å². The monoisotopic (exact) mass is 469 g/mol. The number of hydrogen-bond acceptors (Lipinski definition) is 7. The number of ether oxygens (including phenoxy) is 3. The Bertz CT molecular complexity index is 1010. The van der Waals surface area contributed by atoms with Crippen LogP contribution in [0, 0.1) is 10.1 Å². The molecule has 1 amide bonds. The lowest BCUT2D eigenvalue weighted by Crippen LogP contribution is -2.48. The number of carbonyl (C=O) groups is 1. The molecular weight excluding hydrogens is 447 g/mol. The number of halogens is 3. The fourth-order valence-electron chi connectivity index (χ4n) is 3.52. The van der Waals surface area contributed by atoms with E-state index in [4.69, 9.17) is 9.47 Å². The van der Waals surface area contributed by atoms with E-state index in [2.05, 4.69) is 4.74 Å². The van der Waals surface area contributed by atoms with E-state index in [9.17, 15) is 28.1 Å². The predicted octanol–water partition coefficient (Wildman–Crippen LogP) is 3.47. The number of nitrogens with zero attached hydrogens (tertiary/aromatic N) is 3. The second kappa shape index (κ2) is 9.94. The van der Waals surface area contributed by atoms with Gasteiger partial charge in [-0.1, -0.05) is 12.1 Å². The second-order valence-corrected chi connectivity index (χ2v) is 7.24. The minimum Gasteiger partial charge on any atom is -0.493 e. The Morgan fingerprint density at radius 3 is 2.12 bits per heavy atom. The number of methoxy groups -OCH3 is 2. The fraction of sp³-hybridized carbons (Fsp3) is 0.381. The summed E-state index contributed by atoms with van der Waals surface area (Å²) in [4.78, 5) is 27.4. The highest BCUT2D eigenvalue weighted by Crippen LogP contribution is 2.35. The molecule has 2 aromatic rings. The van der Waals surface area contributed by atoms with E-state index in [1.165, 1.54) is 37.3 Å². The lowest BCUT2D eigenvalue weighted by molar-refractivity contribution is -0.385. The van der Waals surface area contributed by atoms with Crippen molar-refractivity contribution in [1.29, 1.82) is 0 Å². The van der Waals surface area contributed by atoms with Crippen molar-refractivity contribution in [3.05, 3.63) is 57.6 Å². The van der Waals surface area contributed by atoms with Crippen LogP contribution in [0.2, 0.25) is 0 Å². The Morgan fingerprint density at radius 2 is 1.61 bits per heavy atom. The molecule has 0 bridgehead atoms. The maximum Gasteiger partial charge on any atom is 0.573 e. The highest BCUT2D eigenvalue weighted by Gasteiger charge is 2.31. The molecule has 0 aliphatic carbocycles. The van der Waals surface area contributed by atoms with E-state index < -0.39 is 17.2 Å². The molecule has 0 radical (unpaired) electrons. The van der Waals surface area contributed by atoms with E-state index in [1.807, 2.05) is 4.90 Å². The van der Waals surface area contributed by atoms with Gasteiger partial charge in [0.2, 0.25) is 0 Å². The van der Waals surface area contributed by atoms with E-state index in [-0.39, 0.29) is 28.5 Å². The molecule has 1 heterocycles. The van der Waals surface area contributed by atoms with Crippen LogP contribution in [0.3, 0.4) is 0 Å². The molecule has 3 rings (SSSR count). The molecule has 1 saturated heterocycles. The van der Waals surface area contributed by atoms with Gasteiger partial charge in [-0.15, -0.1) is 13.2 Å². The summed E-state index contributed by atoms with van der Waals surface area (Å²) in [7, 11) is 2.72. The average Bonchev–Trinajstić information content (AvgIpc) is 2.78. The molecule has 178 valence electrons. The zero-order valence-corrected chi connectivity index (χ0v) is 17.9. The van der Waals surface area contributed by atoms with Crippen LogP contribution in [0.15, 0.2) is 36.4 Å². The van der Waals surface area contributed by atoms with Gasteiger partial charge in [0.25, 0.3) is 11.6 Å². The molecule has 0 spiro atoms. The lowest BCUT2D eigenvalue weighted by Gasteiger charge is -2.34. The van der Waals surface area contributed by atoms with Crippen LogP contribution in [0.5, 0.6) is 17.2 Å². The third-order valence-corrected chi connectivity index (χ3v) is 5.15. The van der Waals surface area contributed by atoms with Crippen LogP contribution in [0.4, 0.5) is 18.9 Å². The largest absolute Gasteiger partial charge is 0.573 e. The Balaban J connectivity index is 1.64. The third kappa shape index (κ3) is 6.04. The van der Waals surface area contributed by atoms with Gasteiger partial charge in [0.15, 0.2) is 11.5 Å². The summed E-state index contributed by atoms with van der Waals surface area (Å²) in [6, 6.07) is 8.06. The first-order chi connectivity index (χ1) is 15.6. The van der Waals surface area contributed by atoms with Crippen molar-refractivity contribution in [3.8, 4) is 17.2 Å². The normalized spacial score (nSPS) is 14.6. The minimum absolute atomic E-state index is 0.0913. The van der Waals surface area contributed by atoms with E-state index in [1.54, 1.807) is 12.1 Å². The topological polar surface area (TPSA) is 94.4 Å². The van der Waals surface area contributed by atoms with Gasteiger partial charge in [-0.2, -0.15) is 0 Å². The molecule has 9 nitrogen and oxygen atoms in total. The van der Waals surface area contributed by atoms with Crippen LogP contribution in [0.1, 0.15) is 15.9 Å². The predicted molar refractivity (Wildman–Crippen MR) is 111 cm³/mol. The molecule has 2 aromatic carbocycles. The summed E-state index contributed by atoms with van der Waals surface area (Å²) < 4.78 is 50.9. The van der Waals surface area contributed by atoms with Gasteiger partial charge in [0.05, 0.1) is 25.2 Å². The molecule has 33 heavy (non-hydrogen) atoms. The molecular formula is C21H22F3N3O6. The zero-order valence-electron chi connectivity index (χ0n) is 17.9. The highest BCUT2D eigenvalue weighted by molar-refractivity contribution is 5.99. The SMILES string of the molecule is COc1cc(C(=O)N2CCN(Cc3ccc(OC(F)(F)F)cc3)CC2)c([N+](=O)[O-])cc1OC. The minimum atomic E-state index is -4.74. The first-order valence-corrected chi connectivity index (χ1v) is 9.88. The van der Waals surface area contributed by atoms with Crippen molar-refractivity contribution in [2.75, 3.05) is 40.4 Å². The maximum atomic E-state index is 13.0. The molecule has 0 unspecified atom stereocenters. The van der Waals surface area contributed by atoms with Gasteiger partial charge in [-0.3, -0.25) is 19.8 Å². The summed E-state index contributed by atoms with van der Waals surface area (Å²) in [5.74, 6) is -0.422. The molecule has 0 saturated carbocycles. The van der Waals surface area contributed by atoms with Crippen LogP contribution in [0.25, 0.3) is 0 Å². The van der Waals surface area contributed by atoms with Gasteiger partial charge in [0, 0.05) is 38.8 Å². The number of benzene rings is 2. The number of piperazine rings is 1. The van der Waals surface area contributed by atoms with Gasteiger partial charge < -0.3 is 19.1 Å². The average molecular weight is 469 g/mol. The molecule has 1 aliphatic rings. The van der Waals surface area contributed by atoms with E-state index in [0.717, 1.165) is 11.6 Å². The summed E-state index contributed by atoms with van der Waals surface area (Å²) in [5.41, 5.74) is 0.326. The van der Waals surface area contributed by atoms with Crippen molar-refractivity contribution in [3.63, 3.8) is 0 Å². The third-order valence-electron chi connectivity index (χ3n) is 5.15. The molecule has 0 aromatic heterocycles. The van der Waals surface area contributed by atoms with Gasteiger partial charge in [-0.05, 0) is 17.7 Å². The van der Waals surface area contributed by atoms with Crippen LogP contribution >= 0.6 is 0 Å². The first kappa shape index (κ1) is 24.1. The molecule has 0 atom stereocenters. The number of nitro benzene ring substituents is 1. The van der Waals surface area contributed by atoms with E-state index >= 15 is 0 Å². The summed E-state index contributed by atoms with van der Waals surface area (Å²) in [6.07, 6.45) is -4.74. The maximum absolute atomic E-state index is 13.0. The van der Waals surface area contributed by atoms with Crippen molar-refractivity contribution >= 4 is 11.6 Å². The Kier molecular flexibility index (Phi) is 7.26. The van der Waals surface area contributed by atoms with Gasteiger partial charge >= 0.3 is 6.36 Å². The molecule has 1 aliphatic heterocycles. The second-order valence-electron chi connectivity index (χ2n) is 7.24. The van der Waals surface area contributed by atoms with Gasteiger partial charge in [0.1, 0.15) is 11.3 Å². The Hall–Kier alpha value is -3.54. The van der Waals surface area contributed by atoms with Crippen molar-refractivity contribution in [2.24, 2.45) is 0 Å².